The van der Waals surface area contributed by atoms with Crippen LogP contribution in [0.5, 0.6) is 11.5 Å². The van der Waals surface area contributed by atoms with Crippen molar-refractivity contribution < 1.29 is 14.3 Å². The van der Waals surface area contributed by atoms with Crippen molar-refractivity contribution in [2.75, 3.05) is 13.2 Å². The number of aromatic amines is 1. The Morgan fingerprint density at radius 1 is 1.40 bits per heavy atom. The molecular weight excluding hydrogens is 258 g/mol. The van der Waals surface area contributed by atoms with Gasteiger partial charge in [0.25, 0.3) is 5.91 Å². The summed E-state index contributed by atoms with van der Waals surface area (Å²) in [5.74, 6) is 1.94. The zero-order valence-corrected chi connectivity index (χ0v) is 10.8. The summed E-state index contributed by atoms with van der Waals surface area (Å²) in [6, 6.07) is 7.32. The number of amides is 1. The van der Waals surface area contributed by atoms with Gasteiger partial charge in [0.1, 0.15) is 12.4 Å². The maximum absolute atomic E-state index is 12.0. The molecule has 0 bridgehead atoms. The van der Waals surface area contributed by atoms with Crippen LogP contribution in [-0.4, -0.2) is 35.1 Å². The molecule has 1 atom stereocenters. The molecule has 20 heavy (non-hydrogen) atoms. The number of nitrogens with zero attached hydrogens (tertiary/aromatic N) is 1. The molecule has 1 unspecified atom stereocenters. The fraction of sp³-hybridized carbons (Fsp3) is 0.286. The highest BCUT2D eigenvalue weighted by Crippen LogP contribution is 2.30. The summed E-state index contributed by atoms with van der Waals surface area (Å²) in [7, 11) is 0. The van der Waals surface area contributed by atoms with E-state index >= 15 is 0 Å². The summed E-state index contributed by atoms with van der Waals surface area (Å²) in [6.07, 6.45) is 3.49. The highest BCUT2D eigenvalue weighted by Gasteiger charge is 2.26. The van der Waals surface area contributed by atoms with E-state index in [0.717, 1.165) is 5.82 Å². The Balaban J connectivity index is 1.51. The topological polar surface area (TPSA) is 76.2 Å². The van der Waals surface area contributed by atoms with Gasteiger partial charge in [-0.05, 0) is 12.1 Å². The van der Waals surface area contributed by atoms with Crippen LogP contribution in [0.3, 0.4) is 0 Å². The first kappa shape index (κ1) is 12.5. The molecule has 0 fully saturated rings. The summed E-state index contributed by atoms with van der Waals surface area (Å²) in [6.45, 7) is 0.734. The van der Waals surface area contributed by atoms with Crippen molar-refractivity contribution >= 4 is 5.91 Å². The molecule has 3 rings (SSSR count). The average molecular weight is 273 g/mol. The largest absolute Gasteiger partial charge is 0.485 e. The van der Waals surface area contributed by atoms with Gasteiger partial charge in [-0.2, -0.15) is 0 Å². The van der Waals surface area contributed by atoms with E-state index in [-0.39, 0.29) is 12.5 Å². The molecule has 0 aliphatic carbocycles. The number of carbonyl (C=O) groups is 1. The number of hydrogen-bond acceptors (Lipinski definition) is 4. The number of aromatic nitrogens is 2. The molecule has 1 aliphatic heterocycles. The number of imidazole rings is 1. The standard InChI is InChI=1S/C14H15N3O3/c18-14(17-6-5-13-15-7-8-16-13)12-9-19-10-3-1-2-4-11(10)20-12/h1-4,7-8,12H,5-6,9H2,(H,15,16)(H,17,18). The fourth-order valence-electron chi connectivity index (χ4n) is 2.00. The Hall–Kier alpha value is -2.50. The molecule has 1 aromatic heterocycles. The summed E-state index contributed by atoms with van der Waals surface area (Å²) in [5.41, 5.74) is 0. The van der Waals surface area contributed by atoms with Gasteiger partial charge < -0.3 is 19.8 Å². The fourth-order valence-corrected chi connectivity index (χ4v) is 2.00. The third-order valence-electron chi connectivity index (χ3n) is 3.02. The van der Waals surface area contributed by atoms with E-state index in [4.69, 9.17) is 9.47 Å². The highest BCUT2D eigenvalue weighted by molar-refractivity contribution is 5.81. The Labute approximate surface area is 116 Å². The van der Waals surface area contributed by atoms with Crippen molar-refractivity contribution in [2.45, 2.75) is 12.5 Å². The predicted molar refractivity (Wildman–Crippen MR) is 71.7 cm³/mol. The molecule has 104 valence electrons. The minimum absolute atomic E-state index is 0.175. The van der Waals surface area contributed by atoms with Crippen LogP contribution in [0.25, 0.3) is 0 Å². The Morgan fingerprint density at radius 2 is 2.25 bits per heavy atom. The molecule has 1 aliphatic rings. The van der Waals surface area contributed by atoms with E-state index in [1.54, 1.807) is 18.5 Å². The number of rotatable bonds is 4. The van der Waals surface area contributed by atoms with Gasteiger partial charge in [0, 0.05) is 25.4 Å². The van der Waals surface area contributed by atoms with Crippen LogP contribution in [0.2, 0.25) is 0 Å². The Morgan fingerprint density at radius 3 is 3.05 bits per heavy atom. The monoisotopic (exact) mass is 273 g/mol. The van der Waals surface area contributed by atoms with Crippen LogP contribution < -0.4 is 14.8 Å². The number of hydrogen-bond donors (Lipinski definition) is 2. The number of benzene rings is 1. The summed E-state index contributed by atoms with van der Waals surface area (Å²) >= 11 is 0. The van der Waals surface area contributed by atoms with Gasteiger partial charge in [-0.1, -0.05) is 12.1 Å². The zero-order chi connectivity index (χ0) is 13.8. The number of carbonyl (C=O) groups excluding carboxylic acids is 1. The molecule has 1 amide bonds. The second kappa shape index (κ2) is 5.64. The maximum Gasteiger partial charge on any atom is 0.264 e. The van der Waals surface area contributed by atoms with Gasteiger partial charge in [0.2, 0.25) is 6.10 Å². The Kier molecular flexibility index (Phi) is 3.54. The number of fused-ring (bicyclic) bond motifs is 1. The molecule has 0 spiro atoms. The minimum Gasteiger partial charge on any atom is -0.485 e. The van der Waals surface area contributed by atoms with Gasteiger partial charge in [0.05, 0.1) is 0 Å². The SMILES string of the molecule is O=C(NCCc1ncc[nH]1)C1COc2ccccc2O1. The van der Waals surface area contributed by atoms with Crippen LogP contribution in [0.4, 0.5) is 0 Å². The summed E-state index contributed by atoms with van der Waals surface area (Å²) < 4.78 is 11.1. The van der Waals surface area contributed by atoms with Crippen LogP contribution in [-0.2, 0) is 11.2 Å². The van der Waals surface area contributed by atoms with Crippen LogP contribution in [0.15, 0.2) is 36.7 Å². The van der Waals surface area contributed by atoms with Gasteiger partial charge >= 0.3 is 0 Å². The van der Waals surface area contributed by atoms with Crippen molar-refractivity contribution in [3.05, 3.63) is 42.5 Å². The third-order valence-corrected chi connectivity index (χ3v) is 3.02. The first-order chi connectivity index (χ1) is 9.83. The van der Waals surface area contributed by atoms with Gasteiger partial charge in [-0.3, -0.25) is 4.79 Å². The predicted octanol–water partition coefficient (Wildman–Crippen LogP) is 0.908. The molecule has 0 saturated heterocycles. The average Bonchev–Trinajstić information content (AvgIpc) is 3.00. The maximum atomic E-state index is 12.0. The molecule has 2 aromatic rings. The zero-order valence-electron chi connectivity index (χ0n) is 10.8. The van der Waals surface area contributed by atoms with E-state index in [2.05, 4.69) is 15.3 Å². The van der Waals surface area contributed by atoms with Crippen molar-refractivity contribution in [3.8, 4) is 11.5 Å². The van der Waals surface area contributed by atoms with Crippen LogP contribution in [0, 0.1) is 0 Å². The molecule has 6 heteroatoms. The summed E-state index contributed by atoms with van der Waals surface area (Å²) in [5, 5.41) is 2.82. The molecule has 2 heterocycles. The lowest BCUT2D eigenvalue weighted by molar-refractivity contribution is -0.130. The lowest BCUT2D eigenvalue weighted by atomic mass is 10.2. The van der Waals surface area contributed by atoms with Crippen LogP contribution >= 0.6 is 0 Å². The highest BCUT2D eigenvalue weighted by atomic mass is 16.6. The van der Waals surface area contributed by atoms with Crippen molar-refractivity contribution in [3.63, 3.8) is 0 Å². The lowest BCUT2D eigenvalue weighted by Gasteiger charge is -2.25. The smallest absolute Gasteiger partial charge is 0.264 e. The molecule has 0 radical (unpaired) electrons. The second-order valence-electron chi connectivity index (χ2n) is 4.44. The third kappa shape index (κ3) is 2.74. The Bertz CT molecular complexity index is 583. The van der Waals surface area contributed by atoms with E-state index in [9.17, 15) is 4.79 Å². The molecule has 6 nitrogen and oxygen atoms in total. The number of ether oxygens (including phenoxy) is 2. The first-order valence-corrected chi connectivity index (χ1v) is 6.47. The van der Waals surface area contributed by atoms with Gasteiger partial charge in [0.15, 0.2) is 11.5 Å². The second-order valence-corrected chi connectivity index (χ2v) is 4.44. The first-order valence-electron chi connectivity index (χ1n) is 6.47. The van der Waals surface area contributed by atoms with E-state index in [1.165, 1.54) is 0 Å². The van der Waals surface area contributed by atoms with E-state index in [1.807, 2.05) is 18.2 Å². The summed E-state index contributed by atoms with van der Waals surface area (Å²) in [4.78, 5) is 19.1. The molecule has 1 aromatic carbocycles. The normalized spacial score (nSPS) is 16.7. The number of para-hydroxylation sites is 2. The van der Waals surface area contributed by atoms with Crippen molar-refractivity contribution in [1.29, 1.82) is 0 Å². The molecule has 0 saturated carbocycles. The number of nitrogens with one attached hydrogen (secondary N) is 2. The van der Waals surface area contributed by atoms with Gasteiger partial charge in [-0.15, -0.1) is 0 Å². The quantitative estimate of drug-likeness (QED) is 0.868. The number of H-pyrrole nitrogens is 1. The lowest BCUT2D eigenvalue weighted by Crippen LogP contribution is -2.44. The molecule has 2 N–H and O–H groups in total. The van der Waals surface area contributed by atoms with Crippen molar-refractivity contribution in [2.24, 2.45) is 0 Å². The van der Waals surface area contributed by atoms with E-state index < -0.39 is 6.10 Å². The van der Waals surface area contributed by atoms with Crippen molar-refractivity contribution in [1.82, 2.24) is 15.3 Å². The van der Waals surface area contributed by atoms with Gasteiger partial charge in [-0.25, -0.2) is 4.98 Å². The molecular formula is C14H15N3O3. The van der Waals surface area contributed by atoms with E-state index in [0.29, 0.717) is 24.5 Å². The van der Waals surface area contributed by atoms with Crippen LogP contribution in [0.1, 0.15) is 5.82 Å². The minimum atomic E-state index is -0.610.